The lowest BCUT2D eigenvalue weighted by atomic mass is 9.93. The maximum atomic E-state index is 9.75. The van der Waals surface area contributed by atoms with E-state index in [1.165, 1.54) is 36.4 Å². The van der Waals surface area contributed by atoms with E-state index in [1.54, 1.807) is 0 Å². The molecule has 0 unspecified atom stereocenters. The molecule has 2 rings (SSSR count). The number of phenolic OH excluding ortho intramolecular Hbond substituents is 4. The van der Waals surface area contributed by atoms with Crippen LogP contribution in [0.1, 0.15) is 18.1 Å². The molecule has 0 heterocycles. The fourth-order valence-electron chi connectivity index (χ4n) is 2.29. The maximum absolute atomic E-state index is 9.75. The average Bonchev–Trinajstić information content (AvgIpc) is 2.38. The average molecular weight is 274 g/mol. The smallest absolute Gasteiger partial charge is 0.119 e. The quantitative estimate of drug-likeness (QED) is 0.646. The normalized spacial score (nSPS) is 10.9. The van der Waals surface area contributed by atoms with Gasteiger partial charge in [0.2, 0.25) is 0 Å². The minimum Gasteiger partial charge on any atom is -0.508 e. The first kappa shape index (κ1) is 14.1. The Kier molecular flexibility index (Phi) is 4.03. The van der Waals surface area contributed by atoms with Gasteiger partial charge in [-0.2, -0.15) is 0 Å². The summed E-state index contributed by atoms with van der Waals surface area (Å²) >= 11 is 0. The molecule has 0 bridgehead atoms. The lowest BCUT2D eigenvalue weighted by molar-refractivity contribution is 0.438. The van der Waals surface area contributed by atoms with E-state index in [1.807, 2.05) is 6.92 Å². The zero-order chi connectivity index (χ0) is 14.7. The van der Waals surface area contributed by atoms with Crippen molar-refractivity contribution in [2.24, 2.45) is 5.92 Å². The van der Waals surface area contributed by atoms with Crippen LogP contribution in [-0.2, 0) is 12.8 Å². The Morgan fingerprint density at radius 1 is 0.750 bits per heavy atom. The number of hydrogen-bond acceptors (Lipinski definition) is 4. The molecule has 0 amide bonds. The Labute approximate surface area is 117 Å². The van der Waals surface area contributed by atoms with Gasteiger partial charge in [-0.15, -0.1) is 0 Å². The van der Waals surface area contributed by atoms with Crippen LogP contribution in [0, 0.1) is 5.92 Å². The highest BCUT2D eigenvalue weighted by Crippen LogP contribution is 2.29. The highest BCUT2D eigenvalue weighted by Gasteiger charge is 2.12. The van der Waals surface area contributed by atoms with Crippen molar-refractivity contribution in [3.05, 3.63) is 47.5 Å². The minimum absolute atomic E-state index is 0.116. The molecule has 4 nitrogen and oxygen atoms in total. The van der Waals surface area contributed by atoms with Crippen molar-refractivity contribution in [2.45, 2.75) is 19.8 Å². The molecule has 0 aliphatic rings. The highest BCUT2D eigenvalue weighted by atomic mass is 16.3. The van der Waals surface area contributed by atoms with Crippen LogP contribution in [0.5, 0.6) is 23.0 Å². The van der Waals surface area contributed by atoms with Crippen molar-refractivity contribution < 1.29 is 20.4 Å². The molecule has 4 N–H and O–H groups in total. The van der Waals surface area contributed by atoms with Crippen molar-refractivity contribution in [2.75, 3.05) is 0 Å². The van der Waals surface area contributed by atoms with Crippen molar-refractivity contribution in [3.63, 3.8) is 0 Å². The lowest BCUT2D eigenvalue weighted by Crippen LogP contribution is -2.04. The molecule has 0 aliphatic heterocycles. The molecule has 0 aliphatic carbocycles. The summed E-state index contributed by atoms with van der Waals surface area (Å²) in [5.41, 5.74) is 1.33. The summed E-state index contributed by atoms with van der Waals surface area (Å²) in [7, 11) is 0. The summed E-state index contributed by atoms with van der Waals surface area (Å²) in [5.74, 6) is 0.662. The second kappa shape index (κ2) is 5.74. The third-order valence-corrected chi connectivity index (χ3v) is 3.26. The van der Waals surface area contributed by atoms with Crippen LogP contribution < -0.4 is 0 Å². The zero-order valence-electron chi connectivity index (χ0n) is 11.2. The molecule has 0 fully saturated rings. The fraction of sp³-hybridized carbons (Fsp3) is 0.250. The van der Waals surface area contributed by atoms with E-state index in [0.29, 0.717) is 24.0 Å². The molecule has 106 valence electrons. The molecule has 2 aromatic carbocycles. The van der Waals surface area contributed by atoms with Gasteiger partial charge < -0.3 is 20.4 Å². The van der Waals surface area contributed by atoms with Crippen LogP contribution in [0.3, 0.4) is 0 Å². The van der Waals surface area contributed by atoms with E-state index in [9.17, 15) is 20.4 Å². The van der Waals surface area contributed by atoms with Gasteiger partial charge in [-0.25, -0.2) is 0 Å². The van der Waals surface area contributed by atoms with E-state index in [2.05, 4.69) is 0 Å². The summed E-state index contributed by atoms with van der Waals surface area (Å²) in [5, 5.41) is 38.4. The van der Waals surface area contributed by atoms with Crippen LogP contribution in [0.2, 0.25) is 0 Å². The summed E-state index contributed by atoms with van der Waals surface area (Å²) < 4.78 is 0. The number of benzene rings is 2. The number of hydrogen-bond donors (Lipinski definition) is 4. The van der Waals surface area contributed by atoms with Gasteiger partial charge in [0.25, 0.3) is 0 Å². The highest BCUT2D eigenvalue weighted by molar-refractivity contribution is 5.40. The van der Waals surface area contributed by atoms with Crippen molar-refractivity contribution >= 4 is 0 Å². The van der Waals surface area contributed by atoms with E-state index >= 15 is 0 Å². The first-order valence-corrected chi connectivity index (χ1v) is 6.47. The van der Waals surface area contributed by atoms with Gasteiger partial charge in [0.1, 0.15) is 23.0 Å². The van der Waals surface area contributed by atoms with Gasteiger partial charge in [-0.1, -0.05) is 6.92 Å². The molecule has 0 radical (unpaired) electrons. The van der Waals surface area contributed by atoms with E-state index in [4.69, 9.17) is 0 Å². The SMILES string of the molecule is CC(Cc1cc(O)ccc1O)Cc1cc(O)ccc1O. The molecule has 0 aromatic heterocycles. The van der Waals surface area contributed by atoms with Crippen LogP contribution in [0.15, 0.2) is 36.4 Å². The largest absolute Gasteiger partial charge is 0.508 e. The molecular formula is C16H18O4. The Hall–Kier alpha value is -2.36. The van der Waals surface area contributed by atoms with Gasteiger partial charge in [-0.05, 0) is 66.3 Å². The second-order valence-corrected chi connectivity index (χ2v) is 5.14. The molecule has 0 saturated heterocycles. The fourth-order valence-corrected chi connectivity index (χ4v) is 2.29. The van der Waals surface area contributed by atoms with Crippen LogP contribution >= 0.6 is 0 Å². The monoisotopic (exact) mass is 274 g/mol. The van der Waals surface area contributed by atoms with Crippen LogP contribution in [-0.4, -0.2) is 20.4 Å². The number of phenols is 4. The summed E-state index contributed by atoms with van der Waals surface area (Å²) in [6, 6.07) is 8.86. The zero-order valence-corrected chi connectivity index (χ0v) is 11.2. The Morgan fingerprint density at radius 3 is 1.55 bits per heavy atom. The minimum atomic E-state index is 0.116. The lowest BCUT2D eigenvalue weighted by Gasteiger charge is -2.14. The molecule has 0 saturated carbocycles. The topological polar surface area (TPSA) is 80.9 Å². The predicted octanol–water partition coefficient (Wildman–Crippen LogP) is 2.93. The summed E-state index contributed by atoms with van der Waals surface area (Å²) in [4.78, 5) is 0. The van der Waals surface area contributed by atoms with Crippen molar-refractivity contribution in [1.29, 1.82) is 0 Å². The van der Waals surface area contributed by atoms with Gasteiger partial charge in [0.15, 0.2) is 0 Å². The first-order chi connectivity index (χ1) is 9.45. The molecule has 0 atom stereocenters. The molecule has 20 heavy (non-hydrogen) atoms. The predicted molar refractivity (Wildman–Crippen MR) is 76.1 cm³/mol. The molecule has 4 heteroatoms. The number of aromatic hydroxyl groups is 4. The molecule has 2 aromatic rings. The summed E-state index contributed by atoms with van der Waals surface area (Å²) in [6.07, 6.45) is 1.13. The second-order valence-electron chi connectivity index (χ2n) is 5.14. The maximum Gasteiger partial charge on any atom is 0.119 e. The van der Waals surface area contributed by atoms with Crippen LogP contribution in [0.25, 0.3) is 0 Å². The Balaban J connectivity index is 2.10. The molecular weight excluding hydrogens is 256 g/mol. The van der Waals surface area contributed by atoms with Gasteiger partial charge in [0.05, 0.1) is 0 Å². The van der Waals surface area contributed by atoms with Gasteiger partial charge in [0, 0.05) is 0 Å². The third-order valence-electron chi connectivity index (χ3n) is 3.26. The Morgan fingerprint density at radius 2 is 1.15 bits per heavy atom. The van der Waals surface area contributed by atoms with Gasteiger partial charge in [-0.3, -0.25) is 0 Å². The van der Waals surface area contributed by atoms with Crippen LogP contribution in [0.4, 0.5) is 0 Å². The Bertz CT molecular complexity index is 554. The van der Waals surface area contributed by atoms with E-state index in [-0.39, 0.29) is 28.9 Å². The first-order valence-electron chi connectivity index (χ1n) is 6.47. The van der Waals surface area contributed by atoms with E-state index in [0.717, 1.165) is 0 Å². The number of rotatable bonds is 4. The van der Waals surface area contributed by atoms with Crippen molar-refractivity contribution in [1.82, 2.24) is 0 Å². The van der Waals surface area contributed by atoms with Gasteiger partial charge >= 0.3 is 0 Å². The van der Waals surface area contributed by atoms with Crippen molar-refractivity contribution in [3.8, 4) is 23.0 Å². The third kappa shape index (κ3) is 3.35. The molecule has 0 spiro atoms. The van der Waals surface area contributed by atoms with E-state index < -0.39 is 0 Å². The summed E-state index contributed by atoms with van der Waals surface area (Å²) in [6.45, 7) is 1.98. The standard InChI is InChI=1S/C16H18O4/c1-10(6-11-8-13(17)2-4-15(11)19)7-12-9-14(18)3-5-16(12)20/h2-5,8-10,17-20H,6-7H2,1H3.